The first-order valence-corrected chi connectivity index (χ1v) is 9.03. The minimum Gasteiger partial charge on any atom is -0.349 e. The third kappa shape index (κ3) is 4.48. The van der Waals surface area contributed by atoms with Crippen LogP contribution in [0.5, 0.6) is 0 Å². The van der Waals surface area contributed by atoms with E-state index in [1.165, 1.54) is 17.7 Å². The van der Waals surface area contributed by atoms with Crippen LogP contribution in [0.1, 0.15) is 19.4 Å². The van der Waals surface area contributed by atoms with E-state index in [2.05, 4.69) is 39.2 Å². The van der Waals surface area contributed by atoms with Crippen molar-refractivity contribution < 1.29 is 4.79 Å². The van der Waals surface area contributed by atoms with Crippen LogP contribution in [0.25, 0.3) is 0 Å². The molecule has 1 aromatic carbocycles. The number of nitrogens with zero attached hydrogens (tertiary/aromatic N) is 3. The van der Waals surface area contributed by atoms with Gasteiger partial charge in [0.15, 0.2) is 5.17 Å². The van der Waals surface area contributed by atoms with Crippen LogP contribution in [0.2, 0.25) is 0 Å². The van der Waals surface area contributed by atoms with Gasteiger partial charge in [0.05, 0.1) is 6.54 Å². The number of nitrogens with one attached hydrogen (secondary N) is 1. The summed E-state index contributed by atoms with van der Waals surface area (Å²) < 4.78 is 0. The quantitative estimate of drug-likeness (QED) is 0.922. The van der Waals surface area contributed by atoms with E-state index in [0.717, 1.165) is 45.0 Å². The SMILES string of the molecule is CC(=O)Nc1cccc(CN2CCN(C3=NC[C@H](C)S3)CC2)c1. The number of anilines is 1. The second-order valence-electron chi connectivity index (χ2n) is 6.20. The van der Waals surface area contributed by atoms with E-state index in [4.69, 9.17) is 0 Å². The van der Waals surface area contributed by atoms with Gasteiger partial charge in [-0.05, 0) is 17.7 Å². The molecule has 5 nitrogen and oxygen atoms in total. The summed E-state index contributed by atoms with van der Waals surface area (Å²) in [6, 6.07) is 8.12. The average Bonchev–Trinajstić information content (AvgIpc) is 2.94. The van der Waals surface area contributed by atoms with E-state index in [1.807, 2.05) is 23.9 Å². The Balaban J connectivity index is 1.52. The molecule has 23 heavy (non-hydrogen) atoms. The smallest absolute Gasteiger partial charge is 0.221 e. The molecule has 3 rings (SSSR count). The van der Waals surface area contributed by atoms with E-state index in [-0.39, 0.29) is 5.91 Å². The van der Waals surface area contributed by atoms with Gasteiger partial charge in [-0.25, -0.2) is 0 Å². The molecule has 1 N–H and O–H groups in total. The van der Waals surface area contributed by atoms with Crippen LogP contribution in [0.3, 0.4) is 0 Å². The van der Waals surface area contributed by atoms with Crippen LogP contribution in [0.4, 0.5) is 5.69 Å². The number of amides is 1. The number of piperazine rings is 1. The summed E-state index contributed by atoms with van der Waals surface area (Å²) in [5.74, 6) is -0.0279. The van der Waals surface area contributed by atoms with Gasteiger partial charge in [-0.2, -0.15) is 0 Å². The van der Waals surface area contributed by atoms with Crippen molar-refractivity contribution in [1.82, 2.24) is 9.80 Å². The lowest BCUT2D eigenvalue weighted by atomic mass is 10.1. The first kappa shape index (κ1) is 16.3. The predicted molar refractivity (Wildman–Crippen MR) is 97.0 cm³/mol. The van der Waals surface area contributed by atoms with Crippen molar-refractivity contribution in [2.45, 2.75) is 25.6 Å². The van der Waals surface area contributed by atoms with Gasteiger partial charge in [0.2, 0.25) is 5.91 Å². The van der Waals surface area contributed by atoms with E-state index >= 15 is 0 Å². The highest BCUT2D eigenvalue weighted by atomic mass is 32.2. The van der Waals surface area contributed by atoms with Crippen LogP contribution in [-0.2, 0) is 11.3 Å². The van der Waals surface area contributed by atoms with Crippen molar-refractivity contribution in [3.63, 3.8) is 0 Å². The Labute approximate surface area is 142 Å². The molecule has 1 aromatic rings. The molecule has 0 unspecified atom stereocenters. The molecule has 1 amide bonds. The number of aliphatic imine (C=N–C) groups is 1. The Bertz CT molecular complexity index is 596. The van der Waals surface area contributed by atoms with Crippen molar-refractivity contribution >= 4 is 28.5 Å². The number of rotatable bonds is 3. The Kier molecular flexibility index (Phi) is 5.23. The highest BCUT2D eigenvalue weighted by molar-refractivity contribution is 8.14. The van der Waals surface area contributed by atoms with Gasteiger partial charge in [-0.15, -0.1) is 0 Å². The molecule has 1 fully saturated rings. The molecular formula is C17H24N4OS. The molecule has 1 atom stereocenters. The molecule has 0 aliphatic carbocycles. The maximum Gasteiger partial charge on any atom is 0.221 e. The normalized spacial score (nSPS) is 22.1. The molecule has 0 radical (unpaired) electrons. The monoisotopic (exact) mass is 332 g/mol. The van der Waals surface area contributed by atoms with E-state index in [9.17, 15) is 4.79 Å². The third-order valence-electron chi connectivity index (χ3n) is 4.09. The largest absolute Gasteiger partial charge is 0.349 e. The van der Waals surface area contributed by atoms with Crippen LogP contribution >= 0.6 is 11.8 Å². The third-order valence-corrected chi connectivity index (χ3v) is 5.24. The van der Waals surface area contributed by atoms with Crippen molar-refractivity contribution in [3.05, 3.63) is 29.8 Å². The van der Waals surface area contributed by atoms with Gasteiger partial charge < -0.3 is 10.2 Å². The molecule has 0 aromatic heterocycles. The van der Waals surface area contributed by atoms with E-state index in [1.54, 1.807) is 0 Å². The average molecular weight is 332 g/mol. The second-order valence-corrected chi connectivity index (χ2v) is 7.60. The Morgan fingerprint density at radius 1 is 1.35 bits per heavy atom. The molecule has 0 spiro atoms. The summed E-state index contributed by atoms with van der Waals surface area (Å²) in [6.45, 7) is 9.86. The molecule has 0 saturated carbocycles. The number of hydrogen-bond acceptors (Lipinski definition) is 5. The number of hydrogen-bond donors (Lipinski definition) is 1. The summed E-state index contributed by atoms with van der Waals surface area (Å²) in [6.07, 6.45) is 0. The zero-order valence-corrected chi connectivity index (χ0v) is 14.6. The van der Waals surface area contributed by atoms with Crippen molar-refractivity contribution in [2.75, 3.05) is 38.0 Å². The van der Waals surface area contributed by atoms with Crippen molar-refractivity contribution in [2.24, 2.45) is 4.99 Å². The lowest BCUT2D eigenvalue weighted by Gasteiger charge is -2.35. The van der Waals surface area contributed by atoms with Gasteiger partial charge in [0, 0.05) is 50.6 Å². The van der Waals surface area contributed by atoms with Crippen molar-refractivity contribution in [3.8, 4) is 0 Å². The van der Waals surface area contributed by atoms with Gasteiger partial charge in [-0.1, -0.05) is 30.8 Å². The fraction of sp³-hybridized carbons (Fsp3) is 0.529. The summed E-state index contributed by atoms with van der Waals surface area (Å²) in [5.41, 5.74) is 2.12. The van der Waals surface area contributed by atoms with Gasteiger partial charge in [0.25, 0.3) is 0 Å². The number of carbonyl (C=O) groups excluding carboxylic acids is 1. The fourth-order valence-corrected chi connectivity index (χ4v) is 3.93. The minimum atomic E-state index is -0.0279. The molecule has 124 valence electrons. The zero-order chi connectivity index (χ0) is 16.2. The predicted octanol–water partition coefficient (Wildman–Crippen LogP) is 2.25. The molecule has 0 bridgehead atoms. The highest BCUT2D eigenvalue weighted by Gasteiger charge is 2.24. The summed E-state index contributed by atoms with van der Waals surface area (Å²) in [4.78, 5) is 20.7. The molecule has 2 heterocycles. The number of thioether (sulfide) groups is 1. The first-order valence-electron chi connectivity index (χ1n) is 8.15. The van der Waals surface area contributed by atoms with Gasteiger partial charge >= 0.3 is 0 Å². The number of benzene rings is 1. The Morgan fingerprint density at radius 2 is 2.13 bits per heavy atom. The summed E-state index contributed by atoms with van der Waals surface area (Å²) >= 11 is 1.90. The first-order chi connectivity index (χ1) is 11.1. The Morgan fingerprint density at radius 3 is 2.78 bits per heavy atom. The zero-order valence-electron chi connectivity index (χ0n) is 13.8. The summed E-state index contributed by atoms with van der Waals surface area (Å²) in [5, 5.41) is 4.70. The van der Waals surface area contributed by atoms with Crippen LogP contribution in [0, 0.1) is 0 Å². The minimum absolute atomic E-state index is 0.0279. The lowest BCUT2D eigenvalue weighted by Crippen LogP contribution is -2.47. The lowest BCUT2D eigenvalue weighted by molar-refractivity contribution is -0.114. The van der Waals surface area contributed by atoms with Gasteiger partial charge in [0.1, 0.15) is 0 Å². The van der Waals surface area contributed by atoms with Crippen LogP contribution in [-0.4, -0.2) is 58.8 Å². The highest BCUT2D eigenvalue weighted by Crippen LogP contribution is 2.24. The van der Waals surface area contributed by atoms with Crippen LogP contribution in [0.15, 0.2) is 29.3 Å². The second kappa shape index (κ2) is 7.36. The number of amidine groups is 1. The maximum atomic E-state index is 11.2. The molecule has 1 saturated heterocycles. The van der Waals surface area contributed by atoms with Crippen LogP contribution < -0.4 is 5.32 Å². The van der Waals surface area contributed by atoms with Gasteiger partial charge in [-0.3, -0.25) is 14.7 Å². The Hall–Kier alpha value is -1.53. The standard InChI is InChI=1S/C17H24N4OS/c1-13-11-18-17(23-13)21-8-6-20(7-9-21)12-15-4-3-5-16(10-15)19-14(2)22/h3-5,10,13H,6-9,11-12H2,1-2H3,(H,19,22)/t13-/m0/s1. The van der Waals surface area contributed by atoms with E-state index in [0.29, 0.717) is 5.25 Å². The topological polar surface area (TPSA) is 47.9 Å². The molecule has 2 aliphatic heterocycles. The fourth-order valence-electron chi connectivity index (χ4n) is 2.94. The molecular weight excluding hydrogens is 308 g/mol. The molecule has 2 aliphatic rings. The van der Waals surface area contributed by atoms with Crippen molar-refractivity contribution in [1.29, 1.82) is 0 Å². The maximum absolute atomic E-state index is 11.2. The summed E-state index contributed by atoms with van der Waals surface area (Å²) in [7, 11) is 0. The van der Waals surface area contributed by atoms with E-state index < -0.39 is 0 Å². The number of carbonyl (C=O) groups is 1. The molecule has 6 heteroatoms.